The number of rotatable bonds is 1. The number of aromatic nitrogens is 1. The summed E-state index contributed by atoms with van der Waals surface area (Å²) in [5, 5.41) is 10.8. The minimum atomic E-state index is -0.358. The molecule has 0 unspecified atom stereocenters. The highest BCUT2D eigenvalue weighted by molar-refractivity contribution is 5.75. The first-order valence-corrected chi connectivity index (χ1v) is 5.21. The van der Waals surface area contributed by atoms with E-state index in [9.17, 15) is 5.21 Å². The van der Waals surface area contributed by atoms with Gasteiger partial charge in [0.25, 0.3) is 5.52 Å². The van der Waals surface area contributed by atoms with E-state index in [1.54, 1.807) is 6.20 Å². The second kappa shape index (κ2) is 3.73. The van der Waals surface area contributed by atoms with Gasteiger partial charge in [0.15, 0.2) is 6.29 Å². The van der Waals surface area contributed by atoms with Gasteiger partial charge in [-0.2, -0.15) is 0 Å². The average molecular weight is 218 g/mol. The van der Waals surface area contributed by atoms with Crippen LogP contribution in [0.2, 0.25) is 0 Å². The van der Waals surface area contributed by atoms with Crippen LogP contribution >= 0.6 is 0 Å². The van der Waals surface area contributed by atoms with Crippen molar-refractivity contribution in [2.75, 3.05) is 13.2 Å². The second-order valence-corrected chi connectivity index (χ2v) is 3.75. The molecular weight excluding hydrogens is 206 g/mol. The Labute approximate surface area is 92.6 Å². The number of hydrogen-bond acceptors (Lipinski definition) is 3. The Kier molecular flexibility index (Phi) is 2.23. The fourth-order valence-electron chi connectivity index (χ4n) is 1.93. The SMILES string of the molecule is O[n+]1cc(C2OCCO2)cc2ccccc21. The van der Waals surface area contributed by atoms with Gasteiger partial charge in [-0.15, -0.1) is 0 Å². The van der Waals surface area contributed by atoms with Crippen LogP contribution in [0.15, 0.2) is 36.5 Å². The van der Waals surface area contributed by atoms with Gasteiger partial charge in [-0.1, -0.05) is 12.1 Å². The Morgan fingerprint density at radius 1 is 1.19 bits per heavy atom. The quantitative estimate of drug-likeness (QED) is 0.581. The summed E-state index contributed by atoms with van der Waals surface area (Å²) in [5.74, 6) is 0. The fraction of sp³-hybridized carbons (Fsp3) is 0.250. The predicted molar refractivity (Wildman–Crippen MR) is 56.0 cm³/mol. The van der Waals surface area contributed by atoms with E-state index in [2.05, 4.69) is 0 Å². The van der Waals surface area contributed by atoms with E-state index >= 15 is 0 Å². The summed E-state index contributed by atoms with van der Waals surface area (Å²) in [4.78, 5) is 0. The molecule has 1 saturated heterocycles. The molecule has 0 saturated carbocycles. The molecule has 0 spiro atoms. The lowest BCUT2D eigenvalue weighted by atomic mass is 10.1. The zero-order chi connectivity index (χ0) is 11.0. The van der Waals surface area contributed by atoms with Gasteiger partial charge in [0.1, 0.15) is 0 Å². The highest BCUT2D eigenvalue weighted by Crippen LogP contribution is 2.24. The van der Waals surface area contributed by atoms with Crippen LogP contribution in [0.5, 0.6) is 0 Å². The third kappa shape index (κ3) is 1.52. The van der Waals surface area contributed by atoms with Crippen molar-refractivity contribution in [3.63, 3.8) is 0 Å². The predicted octanol–water partition coefficient (Wildman–Crippen LogP) is 1.41. The van der Waals surface area contributed by atoms with Crippen molar-refractivity contribution in [2.45, 2.75) is 6.29 Å². The summed E-state index contributed by atoms with van der Waals surface area (Å²) < 4.78 is 11.9. The Bertz CT molecular complexity index is 521. The Morgan fingerprint density at radius 3 is 2.75 bits per heavy atom. The van der Waals surface area contributed by atoms with Gasteiger partial charge in [0.2, 0.25) is 6.20 Å². The highest BCUT2D eigenvalue weighted by atomic mass is 16.7. The van der Waals surface area contributed by atoms with Crippen molar-refractivity contribution in [3.8, 4) is 0 Å². The summed E-state index contributed by atoms with van der Waals surface area (Å²) in [5.41, 5.74) is 1.60. The van der Waals surface area contributed by atoms with Gasteiger partial charge >= 0.3 is 0 Å². The number of para-hydroxylation sites is 1. The molecule has 4 heteroatoms. The molecule has 16 heavy (non-hydrogen) atoms. The van der Waals surface area contributed by atoms with E-state index in [4.69, 9.17) is 9.47 Å². The van der Waals surface area contributed by atoms with Gasteiger partial charge in [-0.3, -0.25) is 5.21 Å². The first-order valence-electron chi connectivity index (χ1n) is 5.21. The van der Waals surface area contributed by atoms with Crippen LogP contribution in [0.4, 0.5) is 0 Å². The van der Waals surface area contributed by atoms with E-state index in [0.29, 0.717) is 13.2 Å². The zero-order valence-corrected chi connectivity index (χ0v) is 8.67. The van der Waals surface area contributed by atoms with E-state index < -0.39 is 0 Å². The van der Waals surface area contributed by atoms with Crippen LogP contribution in [-0.2, 0) is 9.47 Å². The molecule has 1 N–H and O–H groups in total. The topological polar surface area (TPSA) is 42.6 Å². The molecule has 1 fully saturated rings. The molecule has 82 valence electrons. The van der Waals surface area contributed by atoms with Crippen molar-refractivity contribution >= 4 is 10.9 Å². The van der Waals surface area contributed by atoms with Gasteiger partial charge in [-0.05, 0) is 12.1 Å². The van der Waals surface area contributed by atoms with E-state index in [1.807, 2.05) is 30.3 Å². The normalized spacial score (nSPS) is 17.0. The molecule has 3 rings (SSSR count). The molecule has 1 aliphatic rings. The zero-order valence-electron chi connectivity index (χ0n) is 8.67. The van der Waals surface area contributed by atoms with Crippen molar-refractivity contribution in [3.05, 3.63) is 42.1 Å². The number of benzene rings is 1. The van der Waals surface area contributed by atoms with Gasteiger partial charge in [0.05, 0.1) is 24.2 Å². The Hall–Kier alpha value is -1.65. The molecule has 1 aromatic carbocycles. The summed E-state index contributed by atoms with van der Waals surface area (Å²) in [7, 11) is 0. The van der Waals surface area contributed by atoms with Crippen LogP contribution in [0.25, 0.3) is 10.9 Å². The number of hydrogen-bond donors (Lipinski definition) is 1. The number of fused-ring (bicyclic) bond motifs is 1. The maximum absolute atomic E-state index is 9.82. The summed E-state index contributed by atoms with van der Waals surface area (Å²) in [6, 6.07) is 9.59. The molecule has 4 nitrogen and oxygen atoms in total. The maximum atomic E-state index is 9.82. The largest absolute Gasteiger partial charge is 0.346 e. The number of nitrogens with zero attached hydrogens (tertiary/aromatic N) is 1. The van der Waals surface area contributed by atoms with Gasteiger partial charge in [-0.25, -0.2) is 0 Å². The summed E-state index contributed by atoms with van der Waals surface area (Å²) in [6.45, 7) is 1.20. The van der Waals surface area contributed by atoms with Crippen LogP contribution in [0, 0.1) is 0 Å². The first kappa shape index (κ1) is 9.57. The molecule has 0 aliphatic carbocycles. The Balaban J connectivity index is 2.13. The van der Waals surface area contributed by atoms with Crippen LogP contribution in [-0.4, -0.2) is 18.4 Å². The lowest BCUT2D eigenvalue weighted by molar-refractivity contribution is -0.885. The second-order valence-electron chi connectivity index (χ2n) is 3.75. The number of ether oxygens (including phenoxy) is 2. The van der Waals surface area contributed by atoms with E-state index in [-0.39, 0.29) is 6.29 Å². The molecule has 1 aromatic heterocycles. The molecular formula is C12H12NO3+. The van der Waals surface area contributed by atoms with Crippen molar-refractivity contribution in [1.29, 1.82) is 0 Å². The van der Waals surface area contributed by atoms with Crippen molar-refractivity contribution in [2.24, 2.45) is 0 Å². The third-order valence-corrected chi connectivity index (χ3v) is 2.67. The lowest BCUT2D eigenvalue weighted by Crippen LogP contribution is -2.31. The molecule has 2 aromatic rings. The summed E-state index contributed by atoms with van der Waals surface area (Å²) in [6.07, 6.45) is 1.27. The molecule has 0 atom stereocenters. The number of pyridine rings is 1. The highest BCUT2D eigenvalue weighted by Gasteiger charge is 2.22. The minimum absolute atomic E-state index is 0.358. The van der Waals surface area contributed by atoms with Gasteiger partial charge in [0, 0.05) is 10.8 Å². The first-order chi connectivity index (χ1) is 7.84. The van der Waals surface area contributed by atoms with Crippen LogP contribution < -0.4 is 4.73 Å². The molecule has 1 aliphatic heterocycles. The molecule has 0 amide bonds. The average Bonchev–Trinajstić information content (AvgIpc) is 2.82. The van der Waals surface area contributed by atoms with Crippen molar-refractivity contribution in [1.82, 2.24) is 0 Å². The van der Waals surface area contributed by atoms with E-state index in [1.165, 1.54) is 0 Å². The van der Waals surface area contributed by atoms with Gasteiger partial charge < -0.3 is 9.47 Å². The molecule has 0 radical (unpaired) electrons. The Morgan fingerprint density at radius 2 is 1.94 bits per heavy atom. The molecule has 0 bridgehead atoms. The lowest BCUT2D eigenvalue weighted by Gasteiger charge is -2.07. The van der Waals surface area contributed by atoms with Crippen molar-refractivity contribution < 1.29 is 19.4 Å². The summed E-state index contributed by atoms with van der Waals surface area (Å²) >= 11 is 0. The van der Waals surface area contributed by atoms with Crippen LogP contribution in [0.3, 0.4) is 0 Å². The monoisotopic (exact) mass is 218 g/mol. The van der Waals surface area contributed by atoms with E-state index in [0.717, 1.165) is 21.2 Å². The van der Waals surface area contributed by atoms with Crippen LogP contribution in [0.1, 0.15) is 11.9 Å². The third-order valence-electron chi connectivity index (χ3n) is 2.67. The molecule has 2 heterocycles. The smallest absolute Gasteiger partial charge is 0.264 e. The minimum Gasteiger partial charge on any atom is -0.346 e. The maximum Gasteiger partial charge on any atom is 0.264 e. The standard InChI is InChI=1S/C12H12NO3/c14-13-8-10(12-15-5-6-16-12)7-9-3-1-2-4-11(9)13/h1-4,7-8,12,14H,5-6H2/q+1. The fourth-order valence-corrected chi connectivity index (χ4v) is 1.93.